The van der Waals surface area contributed by atoms with Crippen molar-refractivity contribution >= 4 is 37.8 Å². The van der Waals surface area contributed by atoms with Gasteiger partial charge in [-0.3, -0.25) is 4.79 Å². The van der Waals surface area contributed by atoms with Gasteiger partial charge in [-0.25, -0.2) is 0 Å². The van der Waals surface area contributed by atoms with E-state index in [1.807, 2.05) is 31.2 Å². The lowest BCUT2D eigenvalue weighted by Gasteiger charge is -2.19. The minimum atomic E-state index is -0.0900. The molecule has 2 rings (SSSR count). The summed E-state index contributed by atoms with van der Waals surface area (Å²) in [6, 6.07) is 11.3. The largest absolute Gasteiger partial charge is 0.493 e. The Morgan fingerprint density at radius 1 is 1.17 bits per heavy atom. The molecule has 6 heteroatoms. The normalized spacial score (nSPS) is 10.4. The van der Waals surface area contributed by atoms with E-state index in [1.165, 1.54) is 0 Å². The molecule has 0 atom stereocenters. The topological polar surface area (TPSA) is 38.8 Å². The Hall–Kier alpha value is -1.53. The summed E-state index contributed by atoms with van der Waals surface area (Å²) in [5, 5.41) is 0. The molecule has 0 aliphatic heterocycles. The third-order valence-corrected chi connectivity index (χ3v) is 4.84. The van der Waals surface area contributed by atoms with Crippen molar-refractivity contribution in [2.75, 3.05) is 20.8 Å². The minimum absolute atomic E-state index is 0.0900. The van der Waals surface area contributed by atoms with Crippen LogP contribution in [0, 0.1) is 0 Å². The van der Waals surface area contributed by atoms with Crippen molar-refractivity contribution < 1.29 is 14.3 Å². The zero-order valence-corrected chi connectivity index (χ0v) is 17.0. The second kappa shape index (κ2) is 8.53. The number of hydrogen-bond acceptors (Lipinski definition) is 3. The molecule has 0 bridgehead atoms. The average Bonchev–Trinajstić information content (AvgIpc) is 2.57. The van der Waals surface area contributed by atoms with Crippen LogP contribution in [0.3, 0.4) is 0 Å². The second-order valence-corrected chi connectivity index (χ2v) is 6.88. The smallest absolute Gasteiger partial charge is 0.254 e. The molecule has 0 saturated carbocycles. The van der Waals surface area contributed by atoms with Crippen molar-refractivity contribution in [1.29, 1.82) is 0 Å². The monoisotopic (exact) mass is 455 g/mol. The molecule has 0 aliphatic rings. The second-order valence-electron chi connectivity index (χ2n) is 5.18. The number of halogens is 2. The minimum Gasteiger partial charge on any atom is -0.493 e. The van der Waals surface area contributed by atoms with Gasteiger partial charge in [0.15, 0.2) is 11.5 Å². The molecule has 0 spiro atoms. The third-order valence-electron chi connectivity index (χ3n) is 3.48. The molecule has 0 radical (unpaired) electrons. The molecule has 0 saturated heterocycles. The van der Waals surface area contributed by atoms with Gasteiger partial charge in [0.1, 0.15) is 0 Å². The van der Waals surface area contributed by atoms with Crippen LogP contribution in [0.25, 0.3) is 0 Å². The molecule has 128 valence electrons. The number of ether oxygens (including phenoxy) is 2. The van der Waals surface area contributed by atoms with E-state index in [-0.39, 0.29) is 5.91 Å². The fourth-order valence-corrected chi connectivity index (χ4v) is 3.27. The Bertz CT molecular complexity index is 734. The number of amides is 1. The summed E-state index contributed by atoms with van der Waals surface area (Å²) >= 11 is 6.96. The van der Waals surface area contributed by atoms with Crippen molar-refractivity contribution in [1.82, 2.24) is 4.90 Å². The molecule has 4 nitrogen and oxygen atoms in total. The molecule has 0 aromatic heterocycles. The summed E-state index contributed by atoms with van der Waals surface area (Å²) < 4.78 is 12.6. The molecule has 24 heavy (non-hydrogen) atoms. The maximum Gasteiger partial charge on any atom is 0.254 e. The highest BCUT2D eigenvalue weighted by Gasteiger charge is 2.18. The first-order chi connectivity index (χ1) is 11.5. The van der Waals surface area contributed by atoms with E-state index in [2.05, 4.69) is 31.9 Å². The van der Waals surface area contributed by atoms with Crippen molar-refractivity contribution in [3.05, 3.63) is 56.5 Å². The number of carbonyl (C=O) groups excluding carboxylic acids is 1. The standard InChI is InChI=1S/C18H19Br2NO3/c1-4-24-17-15(20)9-13(10-16(17)23-3)18(22)21(2)11-12-7-5-6-8-14(12)19/h5-10H,4,11H2,1-3H3. The van der Waals surface area contributed by atoms with Crippen LogP contribution in [-0.4, -0.2) is 31.6 Å². The highest BCUT2D eigenvalue weighted by atomic mass is 79.9. The van der Waals surface area contributed by atoms with Gasteiger partial charge in [0.25, 0.3) is 5.91 Å². The van der Waals surface area contributed by atoms with E-state index >= 15 is 0 Å². The van der Waals surface area contributed by atoms with Crippen LogP contribution in [0.1, 0.15) is 22.8 Å². The van der Waals surface area contributed by atoms with Gasteiger partial charge < -0.3 is 14.4 Å². The first-order valence-corrected chi connectivity index (χ1v) is 9.05. The van der Waals surface area contributed by atoms with Gasteiger partial charge in [-0.2, -0.15) is 0 Å². The van der Waals surface area contributed by atoms with Crippen molar-refractivity contribution in [2.24, 2.45) is 0 Å². The summed E-state index contributed by atoms with van der Waals surface area (Å²) in [6.45, 7) is 2.92. The first-order valence-electron chi connectivity index (χ1n) is 7.47. The zero-order valence-electron chi connectivity index (χ0n) is 13.8. The SMILES string of the molecule is CCOc1c(Br)cc(C(=O)N(C)Cc2ccccc2Br)cc1OC. The van der Waals surface area contributed by atoms with E-state index in [9.17, 15) is 4.79 Å². The summed E-state index contributed by atoms with van der Waals surface area (Å²) in [5.74, 6) is 1.04. The molecule has 0 heterocycles. The summed E-state index contributed by atoms with van der Waals surface area (Å²) in [4.78, 5) is 14.4. The molecular weight excluding hydrogens is 438 g/mol. The Balaban J connectivity index is 2.25. The third kappa shape index (κ3) is 4.30. The van der Waals surface area contributed by atoms with Crippen LogP contribution in [0.2, 0.25) is 0 Å². The lowest BCUT2D eigenvalue weighted by molar-refractivity contribution is 0.0784. The van der Waals surface area contributed by atoms with Gasteiger partial charge in [-0.15, -0.1) is 0 Å². The maximum absolute atomic E-state index is 12.7. The predicted molar refractivity (Wildman–Crippen MR) is 102 cm³/mol. The molecule has 0 unspecified atom stereocenters. The van der Waals surface area contributed by atoms with E-state index in [4.69, 9.17) is 9.47 Å². The van der Waals surface area contributed by atoms with Crippen molar-refractivity contribution in [3.63, 3.8) is 0 Å². The van der Waals surface area contributed by atoms with Crippen LogP contribution in [0.4, 0.5) is 0 Å². The highest BCUT2D eigenvalue weighted by Crippen LogP contribution is 2.37. The summed E-state index contributed by atoms with van der Waals surface area (Å²) in [6.07, 6.45) is 0. The molecule has 0 fully saturated rings. The number of hydrogen-bond donors (Lipinski definition) is 0. The fraction of sp³-hybridized carbons (Fsp3) is 0.278. The van der Waals surface area contributed by atoms with Gasteiger partial charge in [-0.05, 0) is 46.6 Å². The Kier molecular flexibility index (Phi) is 6.69. The van der Waals surface area contributed by atoms with E-state index < -0.39 is 0 Å². The Labute approximate surface area is 159 Å². The summed E-state index contributed by atoms with van der Waals surface area (Å²) in [5.41, 5.74) is 1.59. The molecule has 0 aliphatic carbocycles. The fourth-order valence-electron chi connectivity index (χ4n) is 2.30. The molecule has 2 aromatic carbocycles. The molecule has 0 N–H and O–H groups in total. The predicted octanol–water partition coefficient (Wildman–Crippen LogP) is 4.89. The van der Waals surface area contributed by atoms with Gasteiger partial charge in [0, 0.05) is 23.6 Å². The van der Waals surface area contributed by atoms with Crippen LogP contribution in [0.5, 0.6) is 11.5 Å². The maximum atomic E-state index is 12.7. The van der Waals surface area contributed by atoms with Crippen LogP contribution >= 0.6 is 31.9 Å². The number of rotatable bonds is 6. The molecule has 2 aromatic rings. The summed E-state index contributed by atoms with van der Waals surface area (Å²) in [7, 11) is 3.34. The highest BCUT2D eigenvalue weighted by molar-refractivity contribution is 9.10. The first kappa shape index (κ1) is 18.8. The number of benzene rings is 2. The van der Waals surface area contributed by atoms with Gasteiger partial charge in [0.05, 0.1) is 18.2 Å². The lowest BCUT2D eigenvalue weighted by atomic mass is 10.1. The van der Waals surface area contributed by atoms with Crippen molar-refractivity contribution in [3.8, 4) is 11.5 Å². The molecule has 1 amide bonds. The Morgan fingerprint density at radius 3 is 2.50 bits per heavy atom. The van der Waals surface area contributed by atoms with Gasteiger partial charge in [-0.1, -0.05) is 34.1 Å². The van der Waals surface area contributed by atoms with E-state index in [0.717, 1.165) is 10.0 Å². The number of carbonyl (C=O) groups is 1. The lowest BCUT2D eigenvalue weighted by Crippen LogP contribution is -2.26. The van der Waals surface area contributed by atoms with E-state index in [0.29, 0.717) is 34.7 Å². The quantitative estimate of drug-likeness (QED) is 0.621. The van der Waals surface area contributed by atoms with Gasteiger partial charge in [0.2, 0.25) is 0 Å². The van der Waals surface area contributed by atoms with E-state index in [1.54, 1.807) is 31.2 Å². The number of nitrogens with zero attached hydrogens (tertiary/aromatic N) is 1. The number of methoxy groups -OCH3 is 1. The van der Waals surface area contributed by atoms with Crippen molar-refractivity contribution in [2.45, 2.75) is 13.5 Å². The average molecular weight is 457 g/mol. The van der Waals surface area contributed by atoms with Gasteiger partial charge >= 0.3 is 0 Å². The zero-order chi connectivity index (χ0) is 17.7. The molecular formula is C18H19Br2NO3. The van der Waals surface area contributed by atoms with Crippen LogP contribution < -0.4 is 9.47 Å². The Morgan fingerprint density at radius 2 is 1.88 bits per heavy atom. The van der Waals surface area contributed by atoms with Crippen LogP contribution in [0.15, 0.2) is 45.3 Å². The van der Waals surface area contributed by atoms with Crippen LogP contribution in [-0.2, 0) is 6.54 Å².